The largest absolute Gasteiger partial charge is 0.329 e. The van der Waals surface area contributed by atoms with E-state index >= 15 is 0 Å². The van der Waals surface area contributed by atoms with Gasteiger partial charge in [0.05, 0.1) is 0 Å². The first-order valence-corrected chi connectivity index (χ1v) is 5.16. The van der Waals surface area contributed by atoms with Gasteiger partial charge >= 0.3 is 0 Å². The standard InChI is InChI=1S/C7H6ClNO.2C2H6/c8-6-1-3-7(4-2-6)9-5-10;2*1-2/h1-5H,(H,9,10);2*1-2H3. The molecule has 2 nitrogen and oxygen atoms in total. The molecule has 0 aliphatic rings. The van der Waals surface area contributed by atoms with Crippen LogP contribution in [-0.4, -0.2) is 6.41 Å². The number of anilines is 1. The summed E-state index contributed by atoms with van der Waals surface area (Å²) < 4.78 is 0. The lowest BCUT2D eigenvalue weighted by molar-refractivity contribution is -0.105. The van der Waals surface area contributed by atoms with Gasteiger partial charge in [-0.2, -0.15) is 0 Å². The number of rotatable bonds is 2. The molecule has 1 N–H and O–H groups in total. The van der Waals surface area contributed by atoms with Crippen molar-refractivity contribution >= 4 is 23.7 Å². The number of nitrogens with one attached hydrogen (secondary N) is 1. The molecule has 0 aliphatic heterocycles. The molecule has 1 rings (SSSR count). The van der Waals surface area contributed by atoms with Crippen LogP contribution in [0.3, 0.4) is 0 Å². The summed E-state index contributed by atoms with van der Waals surface area (Å²) in [5, 5.41) is 3.16. The third-order valence-electron chi connectivity index (χ3n) is 1.07. The van der Waals surface area contributed by atoms with Gasteiger partial charge in [0.1, 0.15) is 0 Å². The fraction of sp³-hybridized carbons (Fsp3) is 0.364. The van der Waals surface area contributed by atoms with Crippen LogP contribution < -0.4 is 5.32 Å². The molecule has 0 saturated carbocycles. The predicted molar refractivity (Wildman–Crippen MR) is 63.8 cm³/mol. The van der Waals surface area contributed by atoms with Gasteiger partial charge in [0.2, 0.25) is 6.41 Å². The molecular formula is C11H18ClNO. The zero-order chi connectivity index (χ0) is 11.4. The maximum atomic E-state index is 9.92. The Morgan fingerprint density at radius 1 is 1.07 bits per heavy atom. The topological polar surface area (TPSA) is 29.1 Å². The Bertz CT molecular complexity index is 221. The second kappa shape index (κ2) is 12.0. The third-order valence-corrected chi connectivity index (χ3v) is 1.32. The molecular weight excluding hydrogens is 198 g/mol. The summed E-state index contributed by atoms with van der Waals surface area (Å²) in [5.41, 5.74) is 0.749. The smallest absolute Gasteiger partial charge is 0.211 e. The number of carbonyl (C=O) groups excluding carboxylic acids is 1. The number of hydrogen-bond acceptors (Lipinski definition) is 1. The van der Waals surface area contributed by atoms with Gasteiger partial charge in [0.15, 0.2) is 0 Å². The molecule has 0 bridgehead atoms. The number of hydrogen-bond donors (Lipinski definition) is 1. The molecule has 0 aliphatic carbocycles. The Labute approximate surface area is 91.3 Å². The van der Waals surface area contributed by atoms with Crippen molar-refractivity contribution in [3.8, 4) is 0 Å². The van der Waals surface area contributed by atoms with E-state index in [1.54, 1.807) is 24.3 Å². The Kier molecular flexibility index (Phi) is 13.2. The van der Waals surface area contributed by atoms with Crippen molar-refractivity contribution in [3.05, 3.63) is 29.3 Å². The highest BCUT2D eigenvalue weighted by Gasteiger charge is 1.87. The molecule has 0 fully saturated rings. The SMILES string of the molecule is CC.CC.O=CNc1ccc(Cl)cc1. The molecule has 1 amide bonds. The van der Waals surface area contributed by atoms with E-state index in [2.05, 4.69) is 5.32 Å². The lowest BCUT2D eigenvalue weighted by Crippen LogP contribution is -1.91. The number of amides is 1. The minimum absolute atomic E-state index is 0.628. The first-order valence-electron chi connectivity index (χ1n) is 4.78. The van der Waals surface area contributed by atoms with E-state index in [-0.39, 0.29) is 0 Å². The first kappa shape index (κ1) is 15.5. The molecule has 0 heterocycles. The van der Waals surface area contributed by atoms with Crippen molar-refractivity contribution in [3.63, 3.8) is 0 Å². The molecule has 0 aromatic heterocycles. The summed E-state index contributed by atoms with van der Waals surface area (Å²) in [6.45, 7) is 8.00. The van der Waals surface area contributed by atoms with E-state index in [4.69, 9.17) is 11.6 Å². The van der Waals surface area contributed by atoms with Crippen LogP contribution in [-0.2, 0) is 4.79 Å². The molecule has 3 heteroatoms. The molecule has 0 spiro atoms. The van der Waals surface area contributed by atoms with Gasteiger partial charge in [-0.1, -0.05) is 39.3 Å². The Morgan fingerprint density at radius 3 is 1.86 bits per heavy atom. The Balaban J connectivity index is 0. The minimum atomic E-state index is 0.628. The maximum Gasteiger partial charge on any atom is 0.211 e. The summed E-state index contributed by atoms with van der Waals surface area (Å²) in [6, 6.07) is 6.90. The lowest BCUT2D eigenvalue weighted by atomic mass is 10.3. The van der Waals surface area contributed by atoms with Crippen molar-refractivity contribution in [2.75, 3.05) is 5.32 Å². The highest BCUT2D eigenvalue weighted by atomic mass is 35.5. The molecule has 1 aromatic carbocycles. The van der Waals surface area contributed by atoms with Crippen LogP contribution in [0.15, 0.2) is 24.3 Å². The molecule has 1 aromatic rings. The molecule has 80 valence electrons. The summed E-state index contributed by atoms with van der Waals surface area (Å²) in [6.07, 6.45) is 0.628. The van der Waals surface area contributed by atoms with Crippen LogP contribution in [0, 0.1) is 0 Å². The van der Waals surface area contributed by atoms with E-state index in [0.29, 0.717) is 11.4 Å². The monoisotopic (exact) mass is 215 g/mol. The van der Waals surface area contributed by atoms with Crippen LogP contribution in [0.4, 0.5) is 5.69 Å². The highest BCUT2D eigenvalue weighted by Crippen LogP contribution is 2.12. The summed E-state index contributed by atoms with van der Waals surface area (Å²) in [7, 11) is 0. The van der Waals surface area contributed by atoms with Crippen molar-refractivity contribution in [1.82, 2.24) is 0 Å². The van der Waals surface area contributed by atoms with E-state index in [1.807, 2.05) is 27.7 Å². The maximum absolute atomic E-state index is 9.92. The summed E-state index contributed by atoms with van der Waals surface area (Å²) in [5.74, 6) is 0. The van der Waals surface area contributed by atoms with Crippen molar-refractivity contribution in [2.24, 2.45) is 0 Å². The third kappa shape index (κ3) is 7.62. The van der Waals surface area contributed by atoms with E-state index in [1.165, 1.54) is 0 Å². The average molecular weight is 216 g/mol. The molecule has 0 radical (unpaired) electrons. The van der Waals surface area contributed by atoms with Crippen LogP contribution >= 0.6 is 11.6 Å². The van der Waals surface area contributed by atoms with Crippen LogP contribution in [0.2, 0.25) is 5.02 Å². The van der Waals surface area contributed by atoms with E-state index < -0.39 is 0 Å². The zero-order valence-electron chi connectivity index (χ0n) is 9.17. The van der Waals surface area contributed by atoms with Crippen molar-refractivity contribution < 1.29 is 4.79 Å². The first-order chi connectivity index (χ1) is 6.83. The normalized spacial score (nSPS) is 7.21. The van der Waals surface area contributed by atoms with Gasteiger partial charge < -0.3 is 5.32 Å². The molecule has 14 heavy (non-hydrogen) atoms. The van der Waals surface area contributed by atoms with E-state index in [0.717, 1.165) is 5.69 Å². The van der Waals surface area contributed by atoms with Crippen LogP contribution in [0.5, 0.6) is 0 Å². The molecule has 0 atom stereocenters. The van der Waals surface area contributed by atoms with Crippen LogP contribution in [0.25, 0.3) is 0 Å². The zero-order valence-corrected chi connectivity index (χ0v) is 9.93. The van der Waals surface area contributed by atoms with Gasteiger partial charge in [0, 0.05) is 10.7 Å². The van der Waals surface area contributed by atoms with Gasteiger partial charge in [-0.15, -0.1) is 0 Å². The average Bonchev–Trinajstić information content (AvgIpc) is 2.28. The fourth-order valence-corrected chi connectivity index (χ4v) is 0.740. The second-order valence-electron chi connectivity index (χ2n) is 1.77. The summed E-state index contributed by atoms with van der Waals surface area (Å²) >= 11 is 5.60. The summed E-state index contributed by atoms with van der Waals surface area (Å²) in [4.78, 5) is 9.92. The van der Waals surface area contributed by atoms with Gasteiger partial charge in [-0.05, 0) is 24.3 Å². The Hall–Kier alpha value is -1.02. The van der Waals surface area contributed by atoms with Crippen molar-refractivity contribution in [1.29, 1.82) is 0 Å². The van der Waals surface area contributed by atoms with Crippen molar-refractivity contribution in [2.45, 2.75) is 27.7 Å². The van der Waals surface area contributed by atoms with Gasteiger partial charge in [-0.3, -0.25) is 4.79 Å². The lowest BCUT2D eigenvalue weighted by Gasteiger charge is -1.95. The second-order valence-corrected chi connectivity index (χ2v) is 2.21. The molecule has 0 unspecified atom stereocenters. The van der Waals surface area contributed by atoms with Crippen LogP contribution in [0.1, 0.15) is 27.7 Å². The van der Waals surface area contributed by atoms with Gasteiger partial charge in [-0.25, -0.2) is 0 Å². The number of carbonyl (C=O) groups is 1. The van der Waals surface area contributed by atoms with E-state index in [9.17, 15) is 4.79 Å². The highest BCUT2D eigenvalue weighted by molar-refractivity contribution is 6.30. The fourth-order valence-electron chi connectivity index (χ4n) is 0.614. The number of benzene rings is 1. The van der Waals surface area contributed by atoms with Gasteiger partial charge in [0.25, 0.3) is 0 Å². The number of halogens is 1. The minimum Gasteiger partial charge on any atom is -0.329 e. The predicted octanol–water partition coefficient (Wildman–Crippen LogP) is 3.96. The Morgan fingerprint density at radius 2 is 1.50 bits per heavy atom. The quantitative estimate of drug-likeness (QED) is 0.744. The molecule has 0 saturated heterocycles.